The third-order valence-corrected chi connectivity index (χ3v) is 4.83. The molecule has 0 heterocycles. The third-order valence-electron chi connectivity index (χ3n) is 4.83. The topological polar surface area (TPSA) is 76.1 Å². The lowest BCUT2D eigenvalue weighted by atomic mass is 10.0. The van der Waals surface area contributed by atoms with Crippen molar-refractivity contribution in [2.24, 2.45) is 10.9 Å². The summed E-state index contributed by atoms with van der Waals surface area (Å²) in [5.74, 6) is 3.01. The van der Waals surface area contributed by atoms with Gasteiger partial charge in [0.15, 0.2) is 17.5 Å². The summed E-state index contributed by atoms with van der Waals surface area (Å²) >= 11 is 0. The highest BCUT2D eigenvalue weighted by atomic mass is 127. The number of methoxy groups -OCH3 is 3. The highest BCUT2D eigenvalue weighted by Crippen LogP contribution is 2.38. The molecule has 0 amide bonds. The van der Waals surface area contributed by atoms with Crippen molar-refractivity contribution in [1.82, 2.24) is 10.6 Å². The number of hydrogen-bond acceptors (Lipinski definition) is 5. The molecule has 0 aliphatic heterocycles. The molecule has 1 atom stereocenters. The van der Waals surface area contributed by atoms with E-state index in [0.29, 0.717) is 29.7 Å². The lowest BCUT2D eigenvalue weighted by molar-refractivity contribution is 0.323. The summed E-state index contributed by atoms with van der Waals surface area (Å²) in [6.45, 7) is 5.71. The van der Waals surface area contributed by atoms with E-state index >= 15 is 0 Å². The average molecular weight is 542 g/mol. The SMILES string of the molecule is CN=C(NCc1cc(OC)c(OC)c(OC)c1)NCC(Nc1ccccc1)C(C)C.I. The van der Waals surface area contributed by atoms with Gasteiger partial charge >= 0.3 is 0 Å². The summed E-state index contributed by atoms with van der Waals surface area (Å²) < 4.78 is 16.2. The van der Waals surface area contributed by atoms with Crippen molar-refractivity contribution in [1.29, 1.82) is 0 Å². The molecule has 2 rings (SSSR count). The molecule has 0 aromatic heterocycles. The summed E-state index contributed by atoms with van der Waals surface area (Å²) in [5.41, 5.74) is 2.11. The molecule has 8 heteroatoms. The molecule has 0 aliphatic rings. The summed E-state index contributed by atoms with van der Waals surface area (Å²) in [5, 5.41) is 10.3. The summed E-state index contributed by atoms with van der Waals surface area (Å²) in [4.78, 5) is 4.34. The fourth-order valence-electron chi connectivity index (χ4n) is 3.05. The first-order valence-corrected chi connectivity index (χ1v) is 10.1. The Morgan fingerprint density at radius 3 is 2.03 bits per heavy atom. The molecule has 0 saturated carbocycles. The first-order chi connectivity index (χ1) is 14.5. The van der Waals surface area contributed by atoms with Gasteiger partial charge in [-0.25, -0.2) is 0 Å². The fourth-order valence-corrected chi connectivity index (χ4v) is 3.05. The van der Waals surface area contributed by atoms with Crippen molar-refractivity contribution in [3.8, 4) is 17.2 Å². The number of ether oxygens (including phenoxy) is 3. The summed E-state index contributed by atoms with van der Waals surface area (Å²) in [6, 6.07) is 14.3. The van der Waals surface area contributed by atoms with Gasteiger partial charge in [-0.05, 0) is 35.7 Å². The van der Waals surface area contributed by atoms with Crippen LogP contribution in [-0.4, -0.2) is 46.9 Å². The van der Waals surface area contributed by atoms with Crippen molar-refractivity contribution in [2.45, 2.75) is 26.4 Å². The molecule has 3 N–H and O–H groups in total. The second kappa shape index (κ2) is 13.8. The van der Waals surface area contributed by atoms with Gasteiger partial charge in [0, 0.05) is 31.9 Å². The van der Waals surface area contributed by atoms with E-state index in [2.05, 4.69) is 46.9 Å². The molecular weight excluding hydrogens is 507 g/mol. The van der Waals surface area contributed by atoms with Gasteiger partial charge in [-0.1, -0.05) is 32.0 Å². The Kier molecular flexibility index (Phi) is 11.9. The predicted octanol–water partition coefficient (Wildman–Crippen LogP) is 4.13. The van der Waals surface area contributed by atoms with E-state index in [0.717, 1.165) is 23.8 Å². The zero-order chi connectivity index (χ0) is 21.9. The monoisotopic (exact) mass is 542 g/mol. The molecule has 0 bridgehead atoms. The smallest absolute Gasteiger partial charge is 0.203 e. The van der Waals surface area contributed by atoms with E-state index in [9.17, 15) is 0 Å². The van der Waals surface area contributed by atoms with Crippen molar-refractivity contribution >= 4 is 35.6 Å². The van der Waals surface area contributed by atoms with Crippen LogP contribution in [-0.2, 0) is 6.54 Å². The lowest BCUT2D eigenvalue weighted by Crippen LogP contribution is -2.44. The van der Waals surface area contributed by atoms with E-state index < -0.39 is 0 Å². The summed E-state index contributed by atoms with van der Waals surface area (Å²) in [7, 11) is 6.58. The molecule has 2 aromatic rings. The van der Waals surface area contributed by atoms with Crippen LogP contribution in [0.3, 0.4) is 0 Å². The number of nitrogens with one attached hydrogen (secondary N) is 3. The first-order valence-electron chi connectivity index (χ1n) is 10.1. The molecular formula is C23H35IN4O3. The van der Waals surface area contributed by atoms with Crippen LogP contribution in [0.1, 0.15) is 19.4 Å². The van der Waals surface area contributed by atoms with Gasteiger partial charge in [-0.3, -0.25) is 4.99 Å². The van der Waals surface area contributed by atoms with Crippen LogP contribution < -0.4 is 30.2 Å². The number of nitrogens with zero attached hydrogens (tertiary/aromatic N) is 1. The van der Waals surface area contributed by atoms with Gasteiger partial charge in [-0.15, -0.1) is 24.0 Å². The van der Waals surface area contributed by atoms with Crippen LogP contribution in [0, 0.1) is 5.92 Å². The second-order valence-electron chi connectivity index (χ2n) is 7.20. The van der Waals surface area contributed by atoms with Gasteiger partial charge in [0.1, 0.15) is 0 Å². The molecule has 0 saturated heterocycles. The van der Waals surface area contributed by atoms with Gasteiger partial charge in [-0.2, -0.15) is 0 Å². The molecule has 172 valence electrons. The predicted molar refractivity (Wildman–Crippen MR) is 138 cm³/mol. The Bertz CT molecular complexity index is 791. The highest BCUT2D eigenvalue weighted by Gasteiger charge is 2.15. The maximum atomic E-state index is 5.43. The molecule has 0 radical (unpaired) electrons. The number of hydrogen-bond donors (Lipinski definition) is 3. The zero-order valence-electron chi connectivity index (χ0n) is 19.2. The van der Waals surface area contributed by atoms with Crippen LogP contribution in [0.25, 0.3) is 0 Å². The van der Waals surface area contributed by atoms with Crippen LogP contribution in [0.2, 0.25) is 0 Å². The Morgan fingerprint density at radius 1 is 0.935 bits per heavy atom. The Balaban J connectivity index is 0.00000480. The second-order valence-corrected chi connectivity index (χ2v) is 7.20. The number of aliphatic imine (C=N–C) groups is 1. The van der Waals surface area contributed by atoms with E-state index in [1.165, 1.54) is 0 Å². The number of rotatable bonds is 10. The van der Waals surface area contributed by atoms with Gasteiger partial charge < -0.3 is 30.2 Å². The number of anilines is 1. The van der Waals surface area contributed by atoms with E-state index in [1.54, 1.807) is 28.4 Å². The van der Waals surface area contributed by atoms with Crippen molar-refractivity contribution < 1.29 is 14.2 Å². The van der Waals surface area contributed by atoms with Crippen molar-refractivity contribution in [3.05, 3.63) is 48.0 Å². The Hall–Kier alpha value is -2.36. The van der Waals surface area contributed by atoms with E-state index in [1.807, 2.05) is 30.3 Å². The van der Waals surface area contributed by atoms with E-state index in [-0.39, 0.29) is 30.0 Å². The number of guanidine groups is 1. The van der Waals surface area contributed by atoms with Crippen LogP contribution in [0.5, 0.6) is 17.2 Å². The molecule has 2 aromatic carbocycles. The van der Waals surface area contributed by atoms with Crippen LogP contribution >= 0.6 is 24.0 Å². The Morgan fingerprint density at radius 2 is 1.55 bits per heavy atom. The van der Waals surface area contributed by atoms with Crippen molar-refractivity contribution in [2.75, 3.05) is 40.2 Å². The molecule has 0 aliphatic carbocycles. The molecule has 0 fully saturated rings. The average Bonchev–Trinajstić information content (AvgIpc) is 2.77. The number of benzene rings is 2. The lowest BCUT2D eigenvalue weighted by Gasteiger charge is -2.25. The van der Waals surface area contributed by atoms with Gasteiger partial charge in [0.2, 0.25) is 5.75 Å². The maximum absolute atomic E-state index is 5.43. The molecule has 1 unspecified atom stereocenters. The minimum absolute atomic E-state index is 0. The summed E-state index contributed by atoms with van der Waals surface area (Å²) in [6.07, 6.45) is 0. The van der Waals surface area contributed by atoms with Gasteiger partial charge in [0.25, 0.3) is 0 Å². The number of para-hydroxylation sites is 1. The maximum Gasteiger partial charge on any atom is 0.203 e. The number of halogens is 1. The first kappa shape index (κ1) is 26.7. The van der Waals surface area contributed by atoms with Crippen LogP contribution in [0.15, 0.2) is 47.5 Å². The van der Waals surface area contributed by atoms with E-state index in [4.69, 9.17) is 14.2 Å². The third kappa shape index (κ3) is 8.01. The largest absolute Gasteiger partial charge is 0.493 e. The quantitative estimate of drug-likeness (QED) is 0.238. The normalized spacial score (nSPS) is 11.9. The Labute approximate surface area is 203 Å². The minimum Gasteiger partial charge on any atom is -0.493 e. The van der Waals surface area contributed by atoms with Crippen molar-refractivity contribution in [3.63, 3.8) is 0 Å². The van der Waals surface area contributed by atoms with Gasteiger partial charge in [0.05, 0.1) is 21.3 Å². The highest BCUT2D eigenvalue weighted by molar-refractivity contribution is 14.0. The molecule has 7 nitrogen and oxygen atoms in total. The standard InChI is InChI=1S/C23H34N4O3.HI/c1-16(2)19(27-18-10-8-7-9-11-18)15-26-23(24-3)25-14-17-12-20(28-4)22(30-6)21(13-17)29-5;/h7-13,16,19,27H,14-15H2,1-6H3,(H2,24,25,26);1H. The molecule has 0 spiro atoms. The molecule has 31 heavy (non-hydrogen) atoms. The minimum atomic E-state index is 0. The fraction of sp³-hybridized carbons (Fsp3) is 0.435. The zero-order valence-corrected chi connectivity index (χ0v) is 21.5. The van der Waals surface area contributed by atoms with Crippen LogP contribution in [0.4, 0.5) is 5.69 Å².